The summed E-state index contributed by atoms with van der Waals surface area (Å²) in [6, 6.07) is 1.80. The Morgan fingerprint density at radius 3 is 2.15 bits per heavy atom. The normalized spacial score (nSPS) is 9.55. The van der Waals surface area contributed by atoms with Crippen LogP contribution in [0.5, 0.6) is 5.75 Å². The molecule has 0 amide bonds. The molecule has 112 valence electrons. The van der Waals surface area contributed by atoms with Crippen molar-refractivity contribution in [1.29, 1.82) is 0 Å². The third kappa shape index (κ3) is 6.72. The number of aliphatic carboxylic acids is 1. The molecule has 1 aromatic rings. The van der Waals surface area contributed by atoms with E-state index in [1.165, 1.54) is 11.7 Å². The third-order valence-corrected chi connectivity index (χ3v) is 2.19. The first-order valence-electron chi connectivity index (χ1n) is 6.20. The highest BCUT2D eigenvalue weighted by atomic mass is 16.7. The molecule has 0 saturated carbocycles. The maximum Gasteiger partial charge on any atom is 0.377 e. The monoisotopic (exact) mass is 283 g/mol. The lowest BCUT2D eigenvalue weighted by Gasteiger charge is -2.11. The lowest BCUT2D eigenvalue weighted by molar-refractivity contribution is -0.873. The molecule has 20 heavy (non-hydrogen) atoms. The van der Waals surface area contributed by atoms with Crippen LogP contribution >= 0.6 is 0 Å². The van der Waals surface area contributed by atoms with Gasteiger partial charge in [0.15, 0.2) is 0 Å². The summed E-state index contributed by atoms with van der Waals surface area (Å²) in [5.41, 5.74) is 1.82. The molecule has 1 heterocycles. The largest absolute Gasteiger partial charge is 0.550 e. The van der Waals surface area contributed by atoms with Crippen LogP contribution in [0.3, 0.4) is 0 Å². The van der Waals surface area contributed by atoms with Gasteiger partial charge in [0.1, 0.15) is 5.75 Å². The Morgan fingerprint density at radius 2 is 1.75 bits per heavy atom. The van der Waals surface area contributed by atoms with Crippen LogP contribution in [0.15, 0.2) is 12.3 Å². The Bertz CT molecular complexity index is 479. The summed E-state index contributed by atoms with van der Waals surface area (Å²) in [4.78, 5) is 24.8. The van der Waals surface area contributed by atoms with Gasteiger partial charge in [0.05, 0.1) is 11.7 Å². The third-order valence-electron chi connectivity index (χ3n) is 2.19. The molecule has 1 aromatic heterocycles. The van der Waals surface area contributed by atoms with Gasteiger partial charge in [0.2, 0.25) is 11.9 Å². The molecule has 0 unspecified atom stereocenters. The fourth-order valence-corrected chi connectivity index (χ4v) is 1.33. The number of aromatic nitrogens is 1. The summed E-state index contributed by atoms with van der Waals surface area (Å²) >= 11 is 0. The average molecular weight is 283 g/mol. The zero-order valence-electron chi connectivity index (χ0n) is 12.7. The van der Waals surface area contributed by atoms with Crippen molar-refractivity contribution in [1.82, 2.24) is 0 Å². The number of nitrogens with zero attached hydrogens (tertiary/aromatic N) is 1. The Kier molecular flexibility index (Phi) is 7.28. The first-order chi connectivity index (χ1) is 9.15. The molecule has 0 spiro atoms. The molecule has 0 aliphatic heterocycles. The first-order valence-corrected chi connectivity index (χ1v) is 6.20. The number of hydrogen-bond donors (Lipinski definition) is 0. The maximum atomic E-state index is 10.9. The molecule has 0 atom stereocenters. The predicted molar refractivity (Wildman–Crippen MR) is 69.8 cm³/mol. The first kappa shape index (κ1) is 17.9. The lowest BCUT2D eigenvalue weighted by atomic mass is 10.2. The molecule has 0 saturated heterocycles. The smallest absolute Gasteiger partial charge is 0.377 e. The van der Waals surface area contributed by atoms with Gasteiger partial charge >= 0.3 is 5.97 Å². The highest BCUT2D eigenvalue weighted by molar-refractivity contribution is 5.65. The van der Waals surface area contributed by atoms with E-state index in [9.17, 15) is 4.79 Å². The zero-order chi connectivity index (χ0) is 15.9. The van der Waals surface area contributed by atoms with Crippen molar-refractivity contribution in [2.24, 2.45) is 0 Å². The van der Waals surface area contributed by atoms with Crippen molar-refractivity contribution < 1.29 is 29.0 Å². The molecule has 0 N–H and O–H groups in total. The van der Waals surface area contributed by atoms with Crippen LogP contribution in [0.4, 0.5) is 0 Å². The van der Waals surface area contributed by atoms with Gasteiger partial charge in [-0.15, -0.1) is 0 Å². The zero-order valence-corrected chi connectivity index (χ0v) is 12.7. The van der Waals surface area contributed by atoms with Crippen LogP contribution < -0.4 is 19.4 Å². The highest BCUT2D eigenvalue weighted by Gasteiger charge is 2.17. The molecule has 6 nitrogen and oxygen atoms in total. The summed E-state index contributed by atoms with van der Waals surface area (Å²) < 4.78 is 7.08. The number of carbonyl (C=O) groups excluding carboxylic acids is 2. The fraction of sp³-hybridized carbons (Fsp3) is 0.500. The van der Waals surface area contributed by atoms with Gasteiger partial charge in [-0.3, -0.25) is 0 Å². The lowest BCUT2D eigenvalue weighted by Crippen LogP contribution is -2.47. The van der Waals surface area contributed by atoms with Crippen LogP contribution in [0.25, 0.3) is 0 Å². The van der Waals surface area contributed by atoms with E-state index in [1.807, 2.05) is 27.7 Å². The van der Waals surface area contributed by atoms with Crippen molar-refractivity contribution in [2.45, 2.75) is 47.6 Å². The van der Waals surface area contributed by atoms with Crippen molar-refractivity contribution in [2.75, 3.05) is 0 Å². The quantitative estimate of drug-likeness (QED) is 0.736. The summed E-state index contributed by atoms with van der Waals surface area (Å²) in [7, 11) is 0. The second-order valence-corrected chi connectivity index (χ2v) is 4.46. The van der Waals surface area contributed by atoms with E-state index >= 15 is 0 Å². The predicted octanol–water partition coefficient (Wildman–Crippen LogP) is 0.109. The molecule has 1 rings (SSSR count). The Balaban J connectivity index is 0.000000796. The van der Waals surface area contributed by atoms with Gasteiger partial charge in [0.25, 0.3) is 0 Å². The van der Waals surface area contributed by atoms with Gasteiger partial charge in [-0.2, -0.15) is 4.84 Å². The Hall–Kier alpha value is -2.11. The molecule has 6 heteroatoms. The minimum atomic E-state index is -1.08. The second kappa shape index (κ2) is 8.14. The minimum Gasteiger partial charge on any atom is -0.550 e. The number of carboxylic acids is 1. The highest BCUT2D eigenvalue weighted by Crippen LogP contribution is 2.18. The van der Waals surface area contributed by atoms with E-state index in [4.69, 9.17) is 19.5 Å². The van der Waals surface area contributed by atoms with Crippen molar-refractivity contribution in [3.8, 4) is 5.75 Å². The van der Waals surface area contributed by atoms with Crippen LogP contribution in [-0.4, -0.2) is 18.0 Å². The van der Waals surface area contributed by atoms with Gasteiger partial charge in [-0.1, -0.05) is 0 Å². The Labute approximate surface area is 118 Å². The Morgan fingerprint density at radius 1 is 1.25 bits per heavy atom. The van der Waals surface area contributed by atoms with Gasteiger partial charge in [-0.25, -0.2) is 4.79 Å². The van der Waals surface area contributed by atoms with Crippen LogP contribution in [0, 0.1) is 13.8 Å². The van der Waals surface area contributed by atoms with E-state index in [-0.39, 0.29) is 12.1 Å². The van der Waals surface area contributed by atoms with E-state index in [0.717, 1.165) is 23.9 Å². The van der Waals surface area contributed by atoms with Gasteiger partial charge in [-0.05, 0) is 27.7 Å². The van der Waals surface area contributed by atoms with Crippen molar-refractivity contribution >= 4 is 11.9 Å². The van der Waals surface area contributed by atoms with E-state index in [0.29, 0.717) is 0 Å². The van der Waals surface area contributed by atoms with Gasteiger partial charge in [0, 0.05) is 30.6 Å². The summed E-state index contributed by atoms with van der Waals surface area (Å²) in [5, 5.41) is 8.89. The molecule has 0 aromatic carbocycles. The van der Waals surface area contributed by atoms with Crippen LogP contribution in [-0.2, 0) is 9.59 Å². The molecule has 0 radical (unpaired) electrons. The maximum absolute atomic E-state index is 10.9. The fourth-order valence-electron chi connectivity index (χ4n) is 1.33. The minimum absolute atomic E-state index is 0.127. The molecule has 0 aliphatic rings. The van der Waals surface area contributed by atoms with Crippen LogP contribution in [0.2, 0.25) is 0 Å². The van der Waals surface area contributed by atoms with E-state index in [2.05, 4.69) is 0 Å². The topological polar surface area (TPSA) is 79.5 Å². The van der Waals surface area contributed by atoms with E-state index < -0.39 is 5.97 Å². The van der Waals surface area contributed by atoms with Gasteiger partial charge < -0.3 is 14.6 Å². The number of ether oxygens (including phenoxy) is 1. The molecule has 0 bridgehead atoms. The standard InChI is InChI=1S/C12H18NO3.C2H4O2/c1-8(2)15-12-6-7-13(16-11(5)14)10(4)9(12)3;1-2(3)4/h6-8H,1-5H3;1H3,(H,3,4)/q+1;/p-1. The van der Waals surface area contributed by atoms with E-state index in [1.54, 1.807) is 12.3 Å². The number of rotatable bonds is 3. The summed E-state index contributed by atoms with van der Waals surface area (Å²) in [6.45, 7) is 10.1. The molecule has 0 aliphatic carbocycles. The van der Waals surface area contributed by atoms with Crippen molar-refractivity contribution in [3.05, 3.63) is 23.5 Å². The molecule has 0 fully saturated rings. The van der Waals surface area contributed by atoms with Crippen molar-refractivity contribution in [3.63, 3.8) is 0 Å². The number of carbonyl (C=O) groups is 2. The summed E-state index contributed by atoms with van der Waals surface area (Å²) in [6.07, 6.45) is 1.81. The average Bonchev–Trinajstić information content (AvgIpc) is 2.27. The SMILES string of the molecule is CC(=O)O[n+]1ccc(OC(C)C)c(C)c1C.CC(=O)[O-]. The van der Waals surface area contributed by atoms with Crippen LogP contribution in [0.1, 0.15) is 39.0 Å². The number of pyridine rings is 1. The molecular weight excluding hydrogens is 262 g/mol. The number of hydrogen-bond acceptors (Lipinski definition) is 5. The number of carboxylic acid groups (broad SMARTS) is 1. The second-order valence-electron chi connectivity index (χ2n) is 4.46. The molecular formula is C14H21NO5. The summed E-state index contributed by atoms with van der Waals surface area (Å²) in [5.74, 6) is -0.610.